The number of pyridine rings is 1. The van der Waals surface area contributed by atoms with Gasteiger partial charge < -0.3 is 19.1 Å². The molecule has 8 heteroatoms. The lowest BCUT2D eigenvalue weighted by Crippen LogP contribution is -2.33. The number of nitrogens with zero attached hydrogens (tertiary/aromatic N) is 3. The Kier molecular flexibility index (Phi) is 4.75. The summed E-state index contributed by atoms with van der Waals surface area (Å²) in [6.07, 6.45) is 1.67. The number of amides is 1. The van der Waals surface area contributed by atoms with Gasteiger partial charge in [0.2, 0.25) is 0 Å². The van der Waals surface area contributed by atoms with Crippen LogP contribution >= 0.6 is 0 Å². The summed E-state index contributed by atoms with van der Waals surface area (Å²) >= 11 is 0. The molecule has 1 saturated heterocycles. The fraction of sp³-hybridized carbons (Fsp3) is 0.500. The maximum Gasteiger partial charge on any atom is 0.263 e. The molecule has 1 fully saturated rings. The van der Waals surface area contributed by atoms with E-state index in [1.807, 2.05) is 13.8 Å². The molecule has 0 bridgehead atoms. The molecule has 1 aliphatic heterocycles. The molecule has 0 saturated carbocycles. The van der Waals surface area contributed by atoms with Crippen LogP contribution in [0.3, 0.4) is 0 Å². The molecule has 2 aromatic rings. The van der Waals surface area contributed by atoms with E-state index >= 15 is 0 Å². The standard InChI is InChI=1S/C16H20N4O4/c1-3-20-10(2)6-7-11(16(20)22)14(21)17-9-13-18-15(24-19-13)12-5-4-8-23-12/h6-7,12H,3-5,8-9H2,1-2H3,(H,17,21)/t12-/m1/s1. The van der Waals surface area contributed by atoms with E-state index in [0.717, 1.165) is 18.5 Å². The van der Waals surface area contributed by atoms with E-state index in [-0.39, 0.29) is 23.8 Å². The molecule has 2 aromatic heterocycles. The molecule has 3 rings (SSSR count). The highest BCUT2D eigenvalue weighted by atomic mass is 16.5. The SMILES string of the molecule is CCn1c(C)ccc(C(=O)NCc2noc([C@H]3CCCO3)n2)c1=O. The van der Waals surface area contributed by atoms with Gasteiger partial charge in [0.25, 0.3) is 17.4 Å². The van der Waals surface area contributed by atoms with E-state index < -0.39 is 5.91 Å². The molecule has 1 N–H and O–H groups in total. The molecule has 0 spiro atoms. The third kappa shape index (κ3) is 3.23. The number of hydrogen-bond acceptors (Lipinski definition) is 6. The van der Waals surface area contributed by atoms with Crippen molar-refractivity contribution < 1.29 is 14.1 Å². The largest absolute Gasteiger partial charge is 0.368 e. The van der Waals surface area contributed by atoms with E-state index in [4.69, 9.17) is 9.26 Å². The average Bonchev–Trinajstić information content (AvgIpc) is 3.24. The summed E-state index contributed by atoms with van der Waals surface area (Å²) in [6, 6.07) is 3.29. The number of aryl methyl sites for hydroxylation is 1. The number of rotatable bonds is 5. The Hall–Kier alpha value is -2.48. The van der Waals surface area contributed by atoms with Gasteiger partial charge in [-0.05, 0) is 38.8 Å². The summed E-state index contributed by atoms with van der Waals surface area (Å²) in [7, 11) is 0. The number of carbonyl (C=O) groups excluding carboxylic acids is 1. The zero-order chi connectivity index (χ0) is 17.1. The van der Waals surface area contributed by atoms with E-state index in [0.29, 0.717) is 24.9 Å². The molecule has 24 heavy (non-hydrogen) atoms. The van der Waals surface area contributed by atoms with Crippen molar-refractivity contribution in [3.8, 4) is 0 Å². The van der Waals surface area contributed by atoms with Gasteiger partial charge in [-0.25, -0.2) is 0 Å². The van der Waals surface area contributed by atoms with Gasteiger partial charge in [0, 0.05) is 18.8 Å². The smallest absolute Gasteiger partial charge is 0.263 e. The van der Waals surface area contributed by atoms with Crippen LogP contribution in [-0.2, 0) is 17.8 Å². The predicted octanol–water partition coefficient (Wildman–Crippen LogP) is 1.34. The van der Waals surface area contributed by atoms with Crippen LogP contribution in [0.5, 0.6) is 0 Å². The number of carbonyl (C=O) groups is 1. The molecule has 8 nitrogen and oxygen atoms in total. The van der Waals surface area contributed by atoms with Gasteiger partial charge in [0.15, 0.2) is 5.82 Å². The minimum Gasteiger partial charge on any atom is -0.368 e. The van der Waals surface area contributed by atoms with Crippen molar-refractivity contribution in [1.82, 2.24) is 20.0 Å². The number of nitrogens with one attached hydrogen (secondary N) is 1. The lowest BCUT2D eigenvalue weighted by atomic mass is 10.2. The molecule has 0 unspecified atom stereocenters. The van der Waals surface area contributed by atoms with Crippen molar-refractivity contribution in [2.45, 2.75) is 45.9 Å². The van der Waals surface area contributed by atoms with E-state index in [1.54, 1.807) is 10.6 Å². The van der Waals surface area contributed by atoms with Crippen LogP contribution in [0, 0.1) is 6.92 Å². The summed E-state index contributed by atoms with van der Waals surface area (Å²) in [4.78, 5) is 28.8. The molecule has 1 atom stereocenters. The topological polar surface area (TPSA) is 99.2 Å². The lowest BCUT2D eigenvalue weighted by molar-refractivity contribution is 0.0835. The first kappa shape index (κ1) is 16.4. The highest BCUT2D eigenvalue weighted by Crippen LogP contribution is 2.26. The van der Waals surface area contributed by atoms with E-state index in [9.17, 15) is 9.59 Å². The Balaban J connectivity index is 1.67. The van der Waals surface area contributed by atoms with Gasteiger partial charge in [-0.1, -0.05) is 5.16 Å². The van der Waals surface area contributed by atoms with Crippen molar-refractivity contribution in [2.75, 3.05) is 6.61 Å². The van der Waals surface area contributed by atoms with Crippen LogP contribution in [0.25, 0.3) is 0 Å². The number of hydrogen-bond donors (Lipinski definition) is 1. The van der Waals surface area contributed by atoms with Crippen molar-refractivity contribution in [1.29, 1.82) is 0 Å². The minimum atomic E-state index is -0.453. The van der Waals surface area contributed by atoms with Crippen LogP contribution in [0.1, 0.15) is 53.6 Å². The van der Waals surface area contributed by atoms with Gasteiger partial charge >= 0.3 is 0 Å². The Morgan fingerprint density at radius 1 is 1.46 bits per heavy atom. The summed E-state index contributed by atoms with van der Waals surface area (Å²) in [5, 5.41) is 6.49. The van der Waals surface area contributed by atoms with E-state index in [2.05, 4.69) is 15.5 Å². The normalized spacial score (nSPS) is 17.2. The summed E-state index contributed by atoms with van der Waals surface area (Å²) < 4.78 is 12.2. The lowest BCUT2D eigenvalue weighted by Gasteiger charge is -2.09. The van der Waals surface area contributed by atoms with Gasteiger partial charge in [0.1, 0.15) is 11.7 Å². The first-order valence-corrected chi connectivity index (χ1v) is 8.03. The summed E-state index contributed by atoms with van der Waals surface area (Å²) in [5.41, 5.74) is 0.617. The number of ether oxygens (including phenoxy) is 1. The Labute approximate surface area is 138 Å². The van der Waals surface area contributed by atoms with Crippen molar-refractivity contribution >= 4 is 5.91 Å². The Bertz CT molecular complexity index is 790. The van der Waals surface area contributed by atoms with Gasteiger partial charge in [-0.2, -0.15) is 4.98 Å². The van der Waals surface area contributed by atoms with Crippen LogP contribution in [0.2, 0.25) is 0 Å². The third-order valence-corrected chi connectivity index (χ3v) is 4.05. The predicted molar refractivity (Wildman–Crippen MR) is 84.5 cm³/mol. The van der Waals surface area contributed by atoms with Crippen molar-refractivity contribution in [3.63, 3.8) is 0 Å². The Morgan fingerprint density at radius 3 is 3.00 bits per heavy atom. The second-order valence-corrected chi connectivity index (χ2v) is 5.67. The summed E-state index contributed by atoms with van der Waals surface area (Å²) in [6.45, 7) is 4.99. The highest BCUT2D eigenvalue weighted by molar-refractivity contribution is 5.93. The molecule has 0 aliphatic carbocycles. The van der Waals surface area contributed by atoms with Crippen LogP contribution in [0.4, 0.5) is 0 Å². The number of aromatic nitrogens is 3. The first-order chi connectivity index (χ1) is 11.6. The molecular weight excluding hydrogens is 312 g/mol. The van der Waals surface area contributed by atoms with Crippen molar-refractivity contribution in [2.24, 2.45) is 0 Å². The van der Waals surface area contributed by atoms with Crippen molar-refractivity contribution in [3.05, 3.63) is 45.5 Å². The molecule has 0 radical (unpaired) electrons. The molecular formula is C16H20N4O4. The zero-order valence-corrected chi connectivity index (χ0v) is 13.7. The molecule has 3 heterocycles. The van der Waals surface area contributed by atoms with Gasteiger partial charge in [-0.3, -0.25) is 9.59 Å². The third-order valence-electron chi connectivity index (χ3n) is 4.05. The van der Waals surface area contributed by atoms with Gasteiger partial charge in [-0.15, -0.1) is 0 Å². The fourth-order valence-corrected chi connectivity index (χ4v) is 2.73. The Morgan fingerprint density at radius 2 is 2.29 bits per heavy atom. The molecule has 1 aliphatic rings. The average molecular weight is 332 g/mol. The maximum atomic E-state index is 12.3. The molecule has 1 amide bonds. The second-order valence-electron chi connectivity index (χ2n) is 5.67. The second kappa shape index (κ2) is 6.96. The fourth-order valence-electron chi connectivity index (χ4n) is 2.73. The monoisotopic (exact) mass is 332 g/mol. The molecule has 0 aromatic carbocycles. The maximum absolute atomic E-state index is 12.3. The van der Waals surface area contributed by atoms with Gasteiger partial charge in [0.05, 0.1) is 6.54 Å². The summed E-state index contributed by atoms with van der Waals surface area (Å²) in [5.74, 6) is 0.336. The molecule has 128 valence electrons. The highest BCUT2D eigenvalue weighted by Gasteiger charge is 2.24. The zero-order valence-electron chi connectivity index (χ0n) is 13.7. The first-order valence-electron chi connectivity index (χ1n) is 8.03. The van der Waals surface area contributed by atoms with Crippen LogP contribution in [-0.4, -0.2) is 27.2 Å². The quantitative estimate of drug-likeness (QED) is 0.887. The van der Waals surface area contributed by atoms with E-state index in [1.165, 1.54) is 6.07 Å². The van der Waals surface area contributed by atoms with Crippen LogP contribution in [0.15, 0.2) is 21.5 Å². The minimum absolute atomic E-state index is 0.0918. The van der Waals surface area contributed by atoms with Crippen LogP contribution < -0.4 is 10.9 Å².